The van der Waals surface area contributed by atoms with Gasteiger partial charge in [0.2, 0.25) is 0 Å². The van der Waals surface area contributed by atoms with E-state index in [-0.39, 0.29) is 24.3 Å². The lowest BCUT2D eigenvalue weighted by Gasteiger charge is -2.14. The monoisotopic (exact) mass is 232 g/mol. The standard InChI is InChI=1S/C10H13FN2O.ClH/c1-2-8-5-12-3-7-4-13-6-9(11)10(7)14-8;/h4,6,8,12H,2-3,5H2,1H3;1H/t8-;/m1./s1. The number of nitrogens with one attached hydrogen (secondary N) is 1. The van der Waals surface area contributed by atoms with Crippen LogP contribution in [0.2, 0.25) is 0 Å². The number of ether oxygens (including phenoxy) is 1. The van der Waals surface area contributed by atoms with Gasteiger partial charge in [0.1, 0.15) is 6.10 Å². The molecule has 0 unspecified atom stereocenters. The van der Waals surface area contributed by atoms with Crippen molar-refractivity contribution in [2.75, 3.05) is 6.54 Å². The number of nitrogens with zero attached hydrogens (tertiary/aromatic N) is 1. The molecule has 2 rings (SSSR count). The van der Waals surface area contributed by atoms with Crippen molar-refractivity contribution in [1.29, 1.82) is 0 Å². The van der Waals surface area contributed by atoms with Gasteiger partial charge in [-0.3, -0.25) is 4.98 Å². The molecule has 0 saturated carbocycles. The predicted octanol–water partition coefficient (Wildman–Crippen LogP) is 1.90. The zero-order valence-electron chi connectivity index (χ0n) is 8.50. The van der Waals surface area contributed by atoms with Crippen molar-refractivity contribution in [3.05, 3.63) is 23.8 Å². The van der Waals surface area contributed by atoms with E-state index in [0.29, 0.717) is 12.3 Å². The molecule has 1 aromatic heterocycles. The number of pyridine rings is 1. The molecule has 1 atom stereocenters. The second-order valence-electron chi connectivity index (χ2n) is 3.39. The first-order valence-corrected chi connectivity index (χ1v) is 4.81. The Hall–Kier alpha value is -0.870. The molecular formula is C10H14ClFN2O. The molecule has 84 valence electrons. The van der Waals surface area contributed by atoms with E-state index in [1.165, 1.54) is 6.20 Å². The molecule has 5 heteroatoms. The molecule has 0 fully saturated rings. The average Bonchev–Trinajstić information content (AvgIpc) is 2.40. The molecule has 1 N–H and O–H groups in total. The van der Waals surface area contributed by atoms with Gasteiger partial charge in [0, 0.05) is 24.8 Å². The van der Waals surface area contributed by atoms with E-state index in [4.69, 9.17) is 4.74 Å². The van der Waals surface area contributed by atoms with Gasteiger partial charge >= 0.3 is 0 Å². The van der Waals surface area contributed by atoms with E-state index in [2.05, 4.69) is 10.3 Å². The van der Waals surface area contributed by atoms with Crippen molar-refractivity contribution < 1.29 is 9.13 Å². The minimum Gasteiger partial charge on any atom is -0.486 e. The summed E-state index contributed by atoms with van der Waals surface area (Å²) in [5.41, 5.74) is 0.793. The molecule has 2 heterocycles. The maximum atomic E-state index is 13.3. The molecule has 1 aromatic rings. The fourth-order valence-corrected chi connectivity index (χ4v) is 1.53. The summed E-state index contributed by atoms with van der Waals surface area (Å²) in [5.74, 6) is -0.0125. The minimum absolute atomic E-state index is 0. The van der Waals surface area contributed by atoms with Gasteiger partial charge in [0.25, 0.3) is 0 Å². The van der Waals surface area contributed by atoms with Crippen LogP contribution < -0.4 is 10.1 Å². The van der Waals surface area contributed by atoms with Gasteiger partial charge in [-0.15, -0.1) is 12.4 Å². The second kappa shape index (κ2) is 5.28. The van der Waals surface area contributed by atoms with E-state index >= 15 is 0 Å². The number of halogens is 2. The Morgan fingerprint density at radius 2 is 2.40 bits per heavy atom. The number of aromatic nitrogens is 1. The van der Waals surface area contributed by atoms with Crippen LogP contribution >= 0.6 is 12.4 Å². The molecule has 3 nitrogen and oxygen atoms in total. The highest BCUT2D eigenvalue weighted by Crippen LogP contribution is 2.24. The third-order valence-corrected chi connectivity index (χ3v) is 2.35. The van der Waals surface area contributed by atoms with Gasteiger partial charge in [0.15, 0.2) is 11.6 Å². The molecule has 1 aliphatic rings. The molecule has 0 saturated heterocycles. The summed E-state index contributed by atoms with van der Waals surface area (Å²) < 4.78 is 18.9. The molecule has 0 aliphatic carbocycles. The number of hydrogen-bond donors (Lipinski definition) is 1. The first kappa shape index (κ1) is 12.2. The van der Waals surface area contributed by atoms with Crippen LogP contribution in [0.1, 0.15) is 18.9 Å². The second-order valence-corrected chi connectivity index (χ2v) is 3.39. The highest BCUT2D eigenvalue weighted by Gasteiger charge is 2.18. The maximum Gasteiger partial charge on any atom is 0.183 e. The third kappa shape index (κ3) is 2.58. The van der Waals surface area contributed by atoms with Gasteiger partial charge < -0.3 is 10.1 Å². The molecular weight excluding hydrogens is 219 g/mol. The van der Waals surface area contributed by atoms with E-state index in [9.17, 15) is 4.39 Å². The highest BCUT2D eigenvalue weighted by atomic mass is 35.5. The van der Waals surface area contributed by atoms with Crippen molar-refractivity contribution in [2.24, 2.45) is 0 Å². The highest BCUT2D eigenvalue weighted by molar-refractivity contribution is 5.85. The summed E-state index contributed by atoms with van der Waals surface area (Å²) in [6.45, 7) is 3.40. The quantitative estimate of drug-likeness (QED) is 0.803. The lowest BCUT2D eigenvalue weighted by Crippen LogP contribution is -2.27. The third-order valence-electron chi connectivity index (χ3n) is 2.35. The van der Waals surface area contributed by atoms with Crippen molar-refractivity contribution in [1.82, 2.24) is 10.3 Å². The fraction of sp³-hybridized carbons (Fsp3) is 0.500. The van der Waals surface area contributed by atoms with Crippen LogP contribution in [0.15, 0.2) is 12.4 Å². The van der Waals surface area contributed by atoms with Gasteiger partial charge in [-0.1, -0.05) is 6.92 Å². The van der Waals surface area contributed by atoms with Gasteiger partial charge in [-0.25, -0.2) is 4.39 Å². The number of fused-ring (bicyclic) bond motifs is 1. The van der Waals surface area contributed by atoms with Crippen molar-refractivity contribution in [3.63, 3.8) is 0 Å². The Morgan fingerprint density at radius 3 is 3.13 bits per heavy atom. The lowest BCUT2D eigenvalue weighted by atomic mass is 10.2. The number of hydrogen-bond acceptors (Lipinski definition) is 3. The normalized spacial score (nSPS) is 19.5. The van der Waals surface area contributed by atoms with Crippen molar-refractivity contribution in [2.45, 2.75) is 26.0 Å². The summed E-state index contributed by atoms with van der Waals surface area (Å²) >= 11 is 0. The first-order valence-electron chi connectivity index (χ1n) is 4.81. The van der Waals surface area contributed by atoms with Crippen molar-refractivity contribution in [3.8, 4) is 5.75 Å². The average molecular weight is 233 g/mol. The molecule has 15 heavy (non-hydrogen) atoms. The van der Waals surface area contributed by atoms with Crippen LogP contribution in [-0.2, 0) is 6.54 Å². The topological polar surface area (TPSA) is 34.2 Å². The maximum absolute atomic E-state index is 13.3. The Morgan fingerprint density at radius 1 is 1.60 bits per heavy atom. The Balaban J connectivity index is 0.00000112. The molecule has 0 aromatic carbocycles. The zero-order valence-corrected chi connectivity index (χ0v) is 9.31. The number of rotatable bonds is 1. The predicted molar refractivity (Wildman–Crippen MR) is 57.9 cm³/mol. The minimum atomic E-state index is -0.371. The van der Waals surface area contributed by atoms with Gasteiger partial charge in [-0.2, -0.15) is 0 Å². The molecule has 0 radical (unpaired) electrons. The van der Waals surface area contributed by atoms with Crippen LogP contribution in [-0.4, -0.2) is 17.6 Å². The van der Waals surface area contributed by atoms with E-state index < -0.39 is 0 Å². The first-order chi connectivity index (χ1) is 6.81. The molecule has 0 amide bonds. The Bertz CT molecular complexity index is 335. The van der Waals surface area contributed by atoms with E-state index in [1.54, 1.807) is 6.20 Å². The summed E-state index contributed by atoms with van der Waals surface area (Å²) in [4.78, 5) is 3.80. The van der Waals surface area contributed by atoms with Gasteiger partial charge in [-0.05, 0) is 6.42 Å². The summed E-state index contributed by atoms with van der Waals surface area (Å²) in [6.07, 6.45) is 3.75. The fourth-order valence-electron chi connectivity index (χ4n) is 1.53. The zero-order chi connectivity index (χ0) is 9.97. The SMILES string of the molecule is CC[C@@H]1CNCc2cncc(F)c2O1.Cl. The van der Waals surface area contributed by atoms with Crippen molar-refractivity contribution >= 4 is 12.4 Å². The summed E-state index contributed by atoms with van der Waals surface area (Å²) in [5, 5.41) is 3.20. The van der Waals surface area contributed by atoms with E-state index in [1.807, 2.05) is 6.92 Å². The van der Waals surface area contributed by atoms with Crippen LogP contribution in [0.5, 0.6) is 5.75 Å². The van der Waals surface area contributed by atoms with Crippen LogP contribution in [0.4, 0.5) is 4.39 Å². The molecule has 1 aliphatic heterocycles. The van der Waals surface area contributed by atoms with Crippen LogP contribution in [0.3, 0.4) is 0 Å². The lowest BCUT2D eigenvalue weighted by molar-refractivity contribution is 0.193. The largest absolute Gasteiger partial charge is 0.486 e. The summed E-state index contributed by atoms with van der Waals surface area (Å²) in [7, 11) is 0. The molecule has 0 spiro atoms. The Kier molecular flexibility index (Phi) is 4.29. The Labute approximate surface area is 94.5 Å². The van der Waals surface area contributed by atoms with Crippen LogP contribution in [0.25, 0.3) is 0 Å². The van der Waals surface area contributed by atoms with E-state index in [0.717, 1.165) is 18.5 Å². The van der Waals surface area contributed by atoms with Gasteiger partial charge in [0.05, 0.1) is 6.20 Å². The summed E-state index contributed by atoms with van der Waals surface area (Å²) in [6, 6.07) is 0. The smallest absolute Gasteiger partial charge is 0.183 e. The molecule has 0 bridgehead atoms. The van der Waals surface area contributed by atoms with Crippen LogP contribution in [0, 0.1) is 5.82 Å².